The van der Waals surface area contributed by atoms with E-state index in [0.717, 1.165) is 0 Å². The quantitative estimate of drug-likeness (QED) is 0.775. The third-order valence-corrected chi connectivity index (χ3v) is 4.40. The van der Waals surface area contributed by atoms with Gasteiger partial charge in [-0.25, -0.2) is 13.8 Å². The van der Waals surface area contributed by atoms with Gasteiger partial charge in [0.1, 0.15) is 17.6 Å². The Bertz CT molecular complexity index is 956. The van der Waals surface area contributed by atoms with Crippen LogP contribution in [0.5, 0.6) is 0 Å². The Morgan fingerprint density at radius 2 is 2.08 bits per heavy atom. The van der Waals surface area contributed by atoms with Gasteiger partial charge in [-0.05, 0) is 24.6 Å². The average Bonchev–Trinajstić information content (AvgIpc) is 3.15. The predicted molar refractivity (Wildman–Crippen MR) is 87.2 cm³/mol. The number of alkyl halides is 1. The first-order valence-electron chi connectivity index (χ1n) is 7.41. The third-order valence-electron chi connectivity index (χ3n) is 4.01. The standard InChI is InChI=1S/C17H12ClF2N3O/c18-16-10(2-1-3-12(16)19)9-4-5-15-21-14(8-23(15)7-9)22-17(24)11-6-13(11)20/h1-5,7-8,11,13H,6H2,(H,22,24)/t11-,13+/m1/s1. The molecule has 1 fully saturated rings. The number of nitrogens with zero attached hydrogens (tertiary/aromatic N) is 2. The highest BCUT2D eigenvalue weighted by atomic mass is 35.5. The number of hydrogen-bond donors (Lipinski definition) is 1. The lowest BCUT2D eigenvalue weighted by Crippen LogP contribution is -2.15. The maximum absolute atomic E-state index is 13.6. The second-order valence-corrected chi connectivity index (χ2v) is 6.14. The van der Waals surface area contributed by atoms with Crippen molar-refractivity contribution in [2.45, 2.75) is 12.6 Å². The van der Waals surface area contributed by atoms with Gasteiger partial charge in [-0.15, -0.1) is 0 Å². The van der Waals surface area contributed by atoms with Crippen LogP contribution in [0.4, 0.5) is 14.6 Å². The summed E-state index contributed by atoms with van der Waals surface area (Å²) in [4.78, 5) is 16.0. The third kappa shape index (κ3) is 2.63. The van der Waals surface area contributed by atoms with E-state index >= 15 is 0 Å². The Hall–Kier alpha value is -2.47. The Morgan fingerprint density at radius 1 is 1.29 bits per heavy atom. The molecule has 2 heterocycles. The molecular formula is C17H12ClF2N3O. The van der Waals surface area contributed by atoms with Crippen molar-refractivity contribution in [1.29, 1.82) is 0 Å². The first-order chi connectivity index (χ1) is 11.5. The van der Waals surface area contributed by atoms with Crippen molar-refractivity contribution >= 4 is 29.0 Å². The van der Waals surface area contributed by atoms with Crippen molar-refractivity contribution in [3.05, 3.63) is 53.6 Å². The van der Waals surface area contributed by atoms with E-state index in [1.54, 1.807) is 41.1 Å². The number of anilines is 1. The molecule has 4 nitrogen and oxygen atoms in total. The topological polar surface area (TPSA) is 46.4 Å². The summed E-state index contributed by atoms with van der Waals surface area (Å²) < 4.78 is 28.2. The van der Waals surface area contributed by atoms with Crippen LogP contribution in [0.25, 0.3) is 16.8 Å². The van der Waals surface area contributed by atoms with Crippen LogP contribution in [-0.4, -0.2) is 21.5 Å². The van der Waals surface area contributed by atoms with Gasteiger partial charge in [0.05, 0.1) is 17.1 Å². The molecule has 0 radical (unpaired) electrons. The summed E-state index contributed by atoms with van der Waals surface area (Å²) in [6.45, 7) is 0. The number of imidazole rings is 1. The van der Waals surface area contributed by atoms with Crippen LogP contribution in [0, 0.1) is 11.7 Å². The van der Waals surface area contributed by atoms with Crippen LogP contribution < -0.4 is 5.32 Å². The number of halogens is 3. The molecular weight excluding hydrogens is 336 g/mol. The number of carbonyl (C=O) groups excluding carboxylic acids is 1. The van der Waals surface area contributed by atoms with Gasteiger partial charge in [0, 0.05) is 17.3 Å². The summed E-state index contributed by atoms with van der Waals surface area (Å²) in [5, 5.41) is 2.66. The first kappa shape index (κ1) is 15.1. The molecule has 1 N–H and O–H groups in total. The van der Waals surface area contributed by atoms with Gasteiger partial charge in [-0.3, -0.25) is 4.79 Å². The number of pyridine rings is 1. The molecule has 2 atom stereocenters. The number of rotatable bonds is 3. The van der Waals surface area contributed by atoms with Gasteiger partial charge in [0.15, 0.2) is 5.82 Å². The molecule has 0 spiro atoms. The van der Waals surface area contributed by atoms with Crippen LogP contribution in [0.2, 0.25) is 5.02 Å². The number of amides is 1. The lowest BCUT2D eigenvalue weighted by atomic mass is 10.1. The Morgan fingerprint density at radius 3 is 2.83 bits per heavy atom. The van der Waals surface area contributed by atoms with Crippen LogP contribution >= 0.6 is 11.6 Å². The molecule has 0 unspecified atom stereocenters. The van der Waals surface area contributed by atoms with Crippen molar-refractivity contribution in [3.8, 4) is 11.1 Å². The minimum atomic E-state index is -1.05. The van der Waals surface area contributed by atoms with Crippen molar-refractivity contribution in [3.63, 3.8) is 0 Å². The summed E-state index contributed by atoms with van der Waals surface area (Å²) in [6.07, 6.45) is 2.58. The molecule has 0 aliphatic heterocycles. The first-order valence-corrected chi connectivity index (χ1v) is 7.79. The average molecular weight is 348 g/mol. The zero-order valence-corrected chi connectivity index (χ0v) is 13.1. The van der Waals surface area contributed by atoms with E-state index < -0.39 is 17.9 Å². The minimum absolute atomic E-state index is 0.0493. The van der Waals surface area contributed by atoms with E-state index in [1.807, 2.05) is 0 Å². The molecule has 1 amide bonds. The molecule has 0 saturated heterocycles. The van der Waals surface area contributed by atoms with E-state index in [-0.39, 0.29) is 17.4 Å². The molecule has 122 valence electrons. The second-order valence-electron chi connectivity index (χ2n) is 5.76. The Labute approximate surface area is 141 Å². The van der Waals surface area contributed by atoms with Crippen molar-refractivity contribution in [2.24, 2.45) is 5.92 Å². The van der Waals surface area contributed by atoms with E-state index in [4.69, 9.17) is 11.6 Å². The van der Waals surface area contributed by atoms with Crippen LogP contribution in [0.1, 0.15) is 6.42 Å². The maximum atomic E-state index is 13.6. The summed E-state index contributed by atoms with van der Waals surface area (Å²) >= 11 is 6.02. The largest absolute Gasteiger partial charge is 0.309 e. The fourth-order valence-corrected chi connectivity index (χ4v) is 2.83. The SMILES string of the molecule is O=C(Nc1cn2cc(-c3cccc(F)c3Cl)ccc2n1)[C@@H]1C[C@@H]1F. The van der Waals surface area contributed by atoms with Gasteiger partial charge < -0.3 is 9.72 Å². The highest BCUT2D eigenvalue weighted by Gasteiger charge is 2.43. The van der Waals surface area contributed by atoms with E-state index in [1.165, 1.54) is 6.07 Å². The van der Waals surface area contributed by atoms with Crippen LogP contribution in [0.3, 0.4) is 0 Å². The smallest absolute Gasteiger partial charge is 0.231 e. The monoisotopic (exact) mass is 347 g/mol. The van der Waals surface area contributed by atoms with E-state index in [9.17, 15) is 13.6 Å². The molecule has 4 rings (SSSR count). The van der Waals surface area contributed by atoms with Gasteiger partial charge in [-0.2, -0.15) is 0 Å². The second kappa shape index (κ2) is 5.56. The Kier molecular flexibility index (Phi) is 3.49. The zero-order valence-electron chi connectivity index (χ0n) is 12.3. The molecule has 1 saturated carbocycles. The van der Waals surface area contributed by atoms with Gasteiger partial charge in [-0.1, -0.05) is 23.7 Å². The normalized spacial score (nSPS) is 19.5. The van der Waals surface area contributed by atoms with Crippen LogP contribution in [-0.2, 0) is 4.79 Å². The number of hydrogen-bond acceptors (Lipinski definition) is 2. The Balaban J connectivity index is 1.66. The molecule has 3 aromatic rings. The number of carbonyl (C=O) groups is 1. The number of aromatic nitrogens is 2. The highest BCUT2D eigenvalue weighted by Crippen LogP contribution is 2.35. The van der Waals surface area contributed by atoms with Gasteiger partial charge in [0.25, 0.3) is 0 Å². The lowest BCUT2D eigenvalue weighted by Gasteiger charge is -2.05. The predicted octanol–water partition coefficient (Wildman–Crippen LogP) is 4.09. The molecule has 2 aromatic heterocycles. The van der Waals surface area contributed by atoms with Crippen molar-refractivity contribution in [1.82, 2.24) is 9.38 Å². The highest BCUT2D eigenvalue weighted by molar-refractivity contribution is 6.33. The fraction of sp³-hybridized carbons (Fsp3) is 0.176. The molecule has 24 heavy (non-hydrogen) atoms. The van der Waals surface area contributed by atoms with Crippen LogP contribution in [0.15, 0.2) is 42.7 Å². The molecule has 1 aliphatic carbocycles. The minimum Gasteiger partial charge on any atom is -0.309 e. The summed E-state index contributed by atoms with van der Waals surface area (Å²) in [6, 6.07) is 8.11. The molecule has 7 heteroatoms. The molecule has 1 aromatic carbocycles. The molecule has 1 aliphatic rings. The number of benzene rings is 1. The van der Waals surface area contributed by atoms with Gasteiger partial charge >= 0.3 is 0 Å². The van der Waals surface area contributed by atoms with E-state index in [0.29, 0.717) is 22.6 Å². The molecule has 0 bridgehead atoms. The summed E-state index contributed by atoms with van der Waals surface area (Å²) in [5.74, 6) is -1.07. The number of nitrogens with one attached hydrogen (secondary N) is 1. The number of fused-ring (bicyclic) bond motifs is 1. The van der Waals surface area contributed by atoms with Gasteiger partial charge in [0.2, 0.25) is 5.91 Å². The summed E-state index contributed by atoms with van der Waals surface area (Å²) in [5.41, 5.74) is 1.89. The van der Waals surface area contributed by atoms with E-state index in [2.05, 4.69) is 10.3 Å². The lowest BCUT2D eigenvalue weighted by molar-refractivity contribution is -0.117. The zero-order chi connectivity index (χ0) is 16.8. The maximum Gasteiger partial charge on any atom is 0.231 e. The van der Waals surface area contributed by atoms with Crippen molar-refractivity contribution < 1.29 is 13.6 Å². The fourth-order valence-electron chi connectivity index (χ4n) is 2.59. The summed E-state index contributed by atoms with van der Waals surface area (Å²) in [7, 11) is 0. The van der Waals surface area contributed by atoms with Crippen molar-refractivity contribution in [2.75, 3.05) is 5.32 Å².